The summed E-state index contributed by atoms with van der Waals surface area (Å²) < 4.78 is 1.41. The van der Waals surface area contributed by atoms with Crippen molar-refractivity contribution in [1.29, 1.82) is 0 Å². The summed E-state index contributed by atoms with van der Waals surface area (Å²) in [5.41, 5.74) is 8.61. The summed E-state index contributed by atoms with van der Waals surface area (Å²) in [4.78, 5) is 37.9. The Labute approximate surface area is 180 Å². The molecule has 1 amide bonds. The summed E-state index contributed by atoms with van der Waals surface area (Å²) in [6.45, 7) is 5.76. The standard InChI is InChI=1S/C22H27N7O2/c1-14(9-17-5-4-8-24-11-17)27-21-22(31)29(15(2)10-26-21)13-20(30)25-12-18-6-7-19(23)28-16(18)3/h4-8,10-11,14H,9,12-13H2,1-3H3,(H2,23,28)(H,25,30)(H,26,27). The van der Waals surface area contributed by atoms with E-state index in [0.29, 0.717) is 24.5 Å². The molecule has 1 unspecified atom stereocenters. The highest BCUT2D eigenvalue weighted by atomic mass is 16.2. The van der Waals surface area contributed by atoms with Gasteiger partial charge in [-0.25, -0.2) is 9.97 Å². The van der Waals surface area contributed by atoms with Gasteiger partial charge in [0.2, 0.25) is 5.91 Å². The predicted octanol–water partition coefficient (Wildman–Crippen LogP) is 1.59. The molecule has 0 saturated heterocycles. The molecule has 31 heavy (non-hydrogen) atoms. The number of anilines is 2. The SMILES string of the molecule is Cc1nc(N)ccc1CNC(=O)Cn1c(C)cnc(NC(C)Cc2cccnc2)c1=O. The molecule has 9 heteroatoms. The molecule has 162 valence electrons. The second kappa shape index (κ2) is 9.84. The molecule has 0 spiro atoms. The highest BCUT2D eigenvalue weighted by molar-refractivity contribution is 5.75. The molecule has 0 radical (unpaired) electrons. The predicted molar refractivity (Wildman–Crippen MR) is 119 cm³/mol. The third kappa shape index (κ3) is 5.88. The van der Waals surface area contributed by atoms with Crippen LogP contribution in [-0.4, -0.2) is 31.5 Å². The third-order valence-corrected chi connectivity index (χ3v) is 4.90. The van der Waals surface area contributed by atoms with E-state index in [0.717, 1.165) is 16.8 Å². The number of nitrogen functional groups attached to an aromatic ring is 1. The van der Waals surface area contributed by atoms with E-state index in [1.54, 1.807) is 31.6 Å². The lowest BCUT2D eigenvalue weighted by Crippen LogP contribution is -2.35. The Morgan fingerprint density at radius 1 is 1.23 bits per heavy atom. The van der Waals surface area contributed by atoms with Crippen LogP contribution in [-0.2, 0) is 24.3 Å². The number of rotatable bonds is 8. The van der Waals surface area contributed by atoms with E-state index in [4.69, 9.17) is 5.73 Å². The highest BCUT2D eigenvalue weighted by Gasteiger charge is 2.14. The van der Waals surface area contributed by atoms with Crippen LogP contribution in [0.5, 0.6) is 0 Å². The van der Waals surface area contributed by atoms with Crippen molar-refractivity contribution in [3.63, 3.8) is 0 Å². The molecule has 3 rings (SSSR count). The van der Waals surface area contributed by atoms with Crippen LogP contribution in [0.2, 0.25) is 0 Å². The van der Waals surface area contributed by atoms with Gasteiger partial charge in [0.25, 0.3) is 5.56 Å². The first kappa shape index (κ1) is 21.9. The van der Waals surface area contributed by atoms with E-state index in [2.05, 4.69) is 25.6 Å². The van der Waals surface area contributed by atoms with Gasteiger partial charge in [-0.15, -0.1) is 0 Å². The zero-order valence-corrected chi connectivity index (χ0v) is 17.9. The largest absolute Gasteiger partial charge is 0.384 e. The molecule has 3 aromatic rings. The Hall–Kier alpha value is -3.75. The maximum atomic E-state index is 12.9. The molecule has 0 aliphatic rings. The number of aromatic nitrogens is 4. The Bertz CT molecular complexity index is 1110. The van der Waals surface area contributed by atoms with Crippen molar-refractivity contribution in [3.05, 3.63) is 75.7 Å². The van der Waals surface area contributed by atoms with Gasteiger partial charge in [0.1, 0.15) is 12.4 Å². The number of nitrogens with one attached hydrogen (secondary N) is 2. The van der Waals surface area contributed by atoms with Gasteiger partial charge < -0.3 is 16.4 Å². The van der Waals surface area contributed by atoms with Crippen molar-refractivity contribution < 1.29 is 4.79 Å². The summed E-state index contributed by atoms with van der Waals surface area (Å²) in [6.07, 6.45) is 5.79. The fraction of sp³-hybridized carbons (Fsp3) is 0.318. The van der Waals surface area contributed by atoms with E-state index < -0.39 is 0 Å². The lowest BCUT2D eigenvalue weighted by molar-refractivity contribution is -0.121. The molecular weight excluding hydrogens is 394 g/mol. The van der Waals surface area contributed by atoms with Gasteiger partial charge in [-0.3, -0.25) is 19.1 Å². The fourth-order valence-electron chi connectivity index (χ4n) is 3.21. The highest BCUT2D eigenvalue weighted by Crippen LogP contribution is 2.08. The number of amides is 1. The Morgan fingerprint density at radius 2 is 2.03 bits per heavy atom. The molecule has 0 bridgehead atoms. The summed E-state index contributed by atoms with van der Waals surface area (Å²) in [6, 6.07) is 7.34. The van der Waals surface area contributed by atoms with Crippen LogP contribution in [0.4, 0.5) is 11.6 Å². The molecular formula is C22H27N7O2. The van der Waals surface area contributed by atoms with Crippen molar-refractivity contribution in [2.45, 2.75) is 46.3 Å². The van der Waals surface area contributed by atoms with Crippen LogP contribution in [0.1, 0.15) is 29.4 Å². The van der Waals surface area contributed by atoms with E-state index in [1.807, 2.05) is 32.0 Å². The summed E-state index contributed by atoms with van der Waals surface area (Å²) in [5, 5.41) is 5.97. The summed E-state index contributed by atoms with van der Waals surface area (Å²) in [5.74, 6) is 0.375. The first-order valence-electron chi connectivity index (χ1n) is 10.0. The molecule has 1 atom stereocenters. The number of nitrogens with zero attached hydrogens (tertiary/aromatic N) is 4. The zero-order chi connectivity index (χ0) is 22.4. The fourth-order valence-corrected chi connectivity index (χ4v) is 3.21. The first-order chi connectivity index (χ1) is 14.8. The molecule has 0 aliphatic heterocycles. The molecule has 0 fully saturated rings. The number of nitrogens with two attached hydrogens (primary N) is 1. The lowest BCUT2D eigenvalue weighted by Gasteiger charge is -2.16. The molecule has 4 N–H and O–H groups in total. The van der Waals surface area contributed by atoms with E-state index in [-0.39, 0.29) is 29.9 Å². The molecule has 3 aromatic heterocycles. The van der Waals surface area contributed by atoms with Gasteiger partial charge in [0.05, 0.1) is 0 Å². The van der Waals surface area contributed by atoms with E-state index in [1.165, 1.54) is 4.57 Å². The maximum absolute atomic E-state index is 12.9. The van der Waals surface area contributed by atoms with Crippen molar-refractivity contribution >= 4 is 17.5 Å². The van der Waals surface area contributed by atoms with Gasteiger partial charge in [-0.05, 0) is 50.5 Å². The van der Waals surface area contributed by atoms with E-state index >= 15 is 0 Å². The third-order valence-electron chi connectivity index (χ3n) is 4.90. The first-order valence-corrected chi connectivity index (χ1v) is 10.0. The Morgan fingerprint density at radius 3 is 2.74 bits per heavy atom. The van der Waals surface area contributed by atoms with Gasteiger partial charge in [0, 0.05) is 42.6 Å². The van der Waals surface area contributed by atoms with Crippen LogP contribution in [0.25, 0.3) is 0 Å². The van der Waals surface area contributed by atoms with Crippen LogP contribution in [0, 0.1) is 13.8 Å². The van der Waals surface area contributed by atoms with Crippen LogP contribution >= 0.6 is 0 Å². The maximum Gasteiger partial charge on any atom is 0.293 e. The minimum atomic E-state index is -0.335. The minimum absolute atomic E-state index is 0.0321. The van der Waals surface area contributed by atoms with E-state index in [9.17, 15) is 9.59 Å². The van der Waals surface area contributed by atoms with Gasteiger partial charge >= 0.3 is 0 Å². The topological polar surface area (TPSA) is 128 Å². The Balaban J connectivity index is 1.65. The molecule has 0 aliphatic carbocycles. The lowest BCUT2D eigenvalue weighted by atomic mass is 10.1. The number of hydrogen-bond acceptors (Lipinski definition) is 7. The van der Waals surface area contributed by atoms with Gasteiger partial charge in [-0.2, -0.15) is 0 Å². The smallest absolute Gasteiger partial charge is 0.293 e. The number of carbonyl (C=O) groups excluding carboxylic acids is 1. The normalized spacial score (nSPS) is 11.7. The monoisotopic (exact) mass is 421 g/mol. The summed E-state index contributed by atoms with van der Waals surface area (Å²) in [7, 11) is 0. The number of pyridine rings is 2. The molecule has 9 nitrogen and oxygen atoms in total. The molecule has 0 aromatic carbocycles. The second-order valence-corrected chi connectivity index (χ2v) is 7.51. The van der Waals surface area contributed by atoms with Crippen molar-refractivity contribution in [1.82, 2.24) is 24.8 Å². The average molecular weight is 422 g/mol. The number of aryl methyl sites for hydroxylation is 2. The van der Waals surface area contributed by atoms with Crippen molar-refractivity contribution in [2.24, 2.45) is 0 Å². The summed E-state index contributed by atoms with van der Waals surface area (Å²) >= 11 is 0. The van der Waals surface area contributed by atoms with Crippen molar-refractivity contribution in [2.75, 3.05) is 11.1 Å². The Kier molecular flexibility index (Phi) is 6.96. The number of carbonyl (C=O) groups is 1. The molecule has 0 saturated carbocycles. The van der Waals surface area contributed by atoms with Gasteiger partial charge in [-0.1, -0.05) is 12.1 Å². The second-order valence-electron chi connectivity index (χ2n) is 7.51. The van der Waals surface area contributed by atoms with Gasteiger partial charge in [0.15, 0.2) is 5.82 Å². The minimum Gasteiger partial charge on any atom is -0.384 e. The average Bonchev–Trinajstić information content (AvgIpc) is 2.73. The number of hydrogen-bond donors (Lipinski definition) is 3. The quantitative estimate of drug-likeness (QED) is 0.504. The van der Waals surface area contributed by atoms with Crippen LogP contribution in [0.15, 0.2) is 47.7 Å². The molecule has 3 heterocycles. The van der Waals surface area contributed by atoms with Crippen molar-refractivity contribution in [3.8, 4) is 0 Å². The van der Waals surface area contributed by atoms with Crippen LogP contribution < -0.4 is 21.9 Å². The zero-order valence-electron chi connectivity index (χ0n) is 17.9. The van der Waals surface area contributed by atoms with Crippen LogP contribution in [0.3, 0.4) is 0 Å².